The molecule has 1 atom stereocenters. The van der Waals surface area contributed by atoms with Crippen molar-refractivity contribution < 1.29 is 9.53 Å². The molecule has 2 aromatic carbocycles. The van der Waals surface area contributed by atoms with Gasteiger partial charge in [0.15, 0.2) is 0 Å². The maximum Gasteiger partial charge on any atom is 0.309 e. The molecule has 0 fully saturated rings. The number of benzene rings is 2. The molecule has 3 nitrogen and oxygen atoms in total. The molecule has 0 heterocycles. The van der Waals surface area contributed by atoms with Gasteiger partial charge in [0, 0.05) is 10.6 Å². The molecule has 0 bridgehead atoms. The van der Waals surface area contributed by atoms with E-state index in [0.717, 1.165) is 24.9 Å². The topological polar surface area (TPSA) is 38.3 Å². The van der Waals surface area contributed by atoms with Crippen LogP contribution in [0.1, 0.15) is 17.5 Å². The summed E-state index contributed by atoms with van der Waals surface area (Å²) in [4.78, 5) is 12.9. The zero-order valence-electron chi connectivity index (χ0n) is 12.5. The van der Waals surface area contributed by atoms with Gasteiger partial charge in [-0.15, -0.1) is 0 Å². The number of ether oxygens (including phenoxy) is 1. The molecule has 1 aliphatic carbocycles. The predicted octanol–water partition coefficient (Wildman–Crippen LogP) is 4.08. The van der Waals surface area contributed by atoms with Crippen LogP contribution in [0.25, 0.3) is 0 Å². The molecule has 1 unspecified atom stereocenters. The van der Waals surface area contributed by atoms with Gasteiger partial charge in [-0.25, -0.2) is 0 Å². The molecule has 22 heavy (non-hydrogen) atoms. The summed E-state index contributed by atoms with van der Waals surface area (Å²) in [6, 6.07) is 16.6. The number of hydrogen-bond acceptors (Lipinski definition) is 4. The van der Waals surface area contributed by atoms with Crippen LogP contribution in [-0.4, -0.2) is 13.1 Å². The highest BCUT2D eigenvalue weighted by Gasteiger charge is 2.25. The Balaban J connectivity index is 1.69. The number of rotatable bonds is 4. The normalized spacial score (nSPS) is 16.7. The van der Waals surface area contributed by atoms with Crippen molar-refractivity contribution in [2.24, 2.45) is 5.92 Å². The van der Waals surface area contributed by atoms with Gasteiger partial charge >= 0.3 is 5.97 Å². The van der Waals surface area contributed by atoms with Gasteiger partial charge < -0.3 is 9.46 Å². The molecule has 2 aromatic rings. The average Bonchev–Trinajstić information content (AvgIpc) is 2.59. The third-order valence-corrected chi connectivity index (χ3v) is 4.84. The van der Waals surface area contributed by atoms with E-state index in [0.29, 0.717) is 0 Å². The van der Waals surface area contributed by atoms with Gasteiger partial charge in [-0.3, -0.25) is 4.79 Å². The van der Waals surface area contributed by atoms with E-state index in [2.05, 4.69) is 35.1 Å². The van der Waals surface area contributed by atoms with Gasteiger partial charge in [0.25, 0.3) is 0 Å². The molecule has 0 radical (unpaired) electrons. The Morgan fingerprint density at radius 1 is 1.18 bits per heavy atom. The monoisotopic (exact) mass is 313 g/mol. The van der Waals surface area contributed by atoms with Crippen molar-refractivity contribution >= 4 is 23.6 Å². The van der Waals surface area contributed by atoms with E-state index in [1.165, 1.54) is 23.1 Å². The van der Waals surface area contributed by atoms with E-state index in [-0.39, 0.29) is 11.9 Å². The Kier molecular flexibility index (Phi) is 4.68. The first-order valence-electron chi connectivity index (χ1n) is 7.44. The highest BCUT2D eigenvalue weighted by Crippen LogP contribution is 2.30. The number of carbonyl (C=O) groups is 1. The molecule has 0 aliphatic heterocycles. The number of methoxy groups -OCH3 is 1. The maximum atomic E-state index is 11.7. The molecule has 0 saturated carbocycles. The molecular formula is C18H19NO2S. The zero-order chi connectivity index (χ0) is 15.4. The van der Waals surface area contributed by atoms with E-state index in [4.69, 9.17) is 4.74 Å². The van der Waals surface area contributed by atoms with Crippen molar-refractivity contribution in [3.8, 4) is 0 Å². The molecule has 1 aliphatic rings. The van der Waals surface area contributed by atoms with Crippen LogP contribution in [0.15, 0.2) is 53.4 Å². The molecule has 0 saturated heterocycles. The van der Waals surface area contributed by atoms with Crippen LogP contribution in [0.5, 0.6) is 0 Å². The lowest BCUT2D eigenvalue weighted by Crippen LogP contribution is -2.23. The minimum absolute atomic E-state index is 0.00507. The minimum atomic E-state index is -0.0947. The van der Waals surface area contributed by atoms with Crippen LogP contribution in [0, 0.1) is 5.92 Å². The molecule has 4 heteroatoms. The van der Waals surface area contributed by atoms with Crippen molar-refractivity contribution in [1.29, 1.82) is 0 Å². The fraction of sp³-hybridized carbons (Fsp3) is 0.278. The summed E-state index contributed by atoms with van der Waals surface area (Å²) < 4.78 is 8.25. The van der Waals surface area contributed by atoms with Crippen LogP contribution in [0.4, 0.5) is 5.69 Å². The van der Waals surface area contributed by atoms with Gasteiger partial charge in [0.2, 0.25) is 0 Å². The molecule has 0 spiro atoms. The molecular weight excluding hydrogens is 294 g/mol. The first-order chi connectivity index (χ1) is 10.8. The summed E-state index contributed by atoms with van der Waals surface area (Å²) in [5.41, 5.74) is 3.66. The van der Waals surface area contributed by atoms with Gasteiger partial charge in [-0.1, -0.05) is 24.3 Å². The standard InChI is InChI=1S/C18H19NO2S/c1-21-18(20)14-8-7-13-9-10-16(12-15(13)11-14)19-22-17-5-3-2-4-6-17/h2-6,9-10,12,14,19H,7-8,11H2,1H3. The summed E-state index contributed by atoms with van der Waals surface area (Å²) in [7, 11) is 1.46. The maximum absolute atomic E-state index is 11.7. The van der Waals surface area contributed by atoms with Gasteiger partial charge in [0.1, 0.15) is 0 Å². The van der Waals surface area contributed by atoms with E-state index in [9.17, 15) is 4.79 Å². The van der Waals surface area contributed by atoms with Crippen LogP contribution >= 0.6 is 11.9 Å². The van der Waals surface area contributed by atoms with Crippen molar-refractivity contribution in [3.05, 3.63) is 59.7 Å². The van der Waals surface area contributed by atoms with Gasteiger partial charge in [-0.2, -0.15) is 0 Å². The fourth-order valence-electron chi connectivity index (χ4n) is 2.79. The van der Waals surface area contributed by atoms with E-state index < -0.39 is 0 Å². The fourth-order valence-corrected chi connectivity index (χ4v) is 3.45. The molecule has 114 valence electrons. The summed E-state index contributed by atoms with van der Waals surface area (Å²) in [6.07, 6.45) is 2.60. The molecule has 0 aromatic heterocycles. The zero-order valence-corrected chi connectivity index (χ0v) is 13.4. The van der Waals surface area contributed by atoms with Crippen LogP contribution in [-0.2, 0) is 22.4 Å². The lowest BCUT2D eigenvalue weighted by molar-refractivity contribution is -0.145. The number of fused-ring (bicyclic) bond motifs is 1. The summed E-state index contributed by atoms with van der Waals surface area (Å²) in [5.74, 6) is -0.0998. The first-order valence-corrected chi connectivity index (χ1v) is 8.25. The quantitative estimate of drug-likeness (QED) is 0.682. The summed E-state index contributed by atoms with van der Waals surface area (Å²) >= 11 is 1.59. The lowest BCUT2D eigenvalue weighted by atomic mass is 9.84. The third kappa shape index (κ3) is 3.45. The van der Waals surface area contributed by atoms with E-state index in [1.807, 2.05) is 18.2 Å². The number of esters is 1. The van der Waals surface area contributed by atoms with Crippen molar-refractivity contribution in [1.82, 2.24) is 0 Å². The first kappa shape index (κ1) is 15.0. The SMILES string of the molecule is COC(=O)C1CCc2ccc(NSc3ccccc3)cc2C1. The largest absolute Gasteiger partial charge is 0.469 e. The number of anilines is 1. The second-order valence-corrected chi connectivity index (χ2v) is 6.34. The Morgan fingerprint density at radius 2 is 2.00 bits per heavy atom. The Bertz CT molecular complexity index is 657. The second kappa shape index (κ2) is 6.88. The molecule has 1 N–H and O–H groups in total. The summed E-state index contributed by atoms with van der Waals surface area (Å²) in [5, 5.41) is 0. The van der Waals surface area contributed by atoms with Crippen molar-refractivity contribution in [3.63, 3.8) is 0 Å². The molecule has 3 rings (SSSR count). The predicted molar refractivity (Wildman–Crippen MR) is 89.9 cm³/mol. The Morgan fingerprint density at radius 3 is 2.77 bits per heavy atom. The van der Waals surface area contributed by atoms with Crippen LogP contribution in [0.3, 0.4) is 0 Å². The van der Waals surface area contributed by atoms with Crippen molar-refractivity contribution in [2.75, 3.05) is 11.8 Å². The van der Waals surface area contributed by atoms with Gasteiger partial charge in [-0.05, 0) is 66.6 Å². The molecule has 0 amide bonds. The highest BCUT2D eigenvalue weighted by molar-refractivity contribution is 8.00. The Hall–Kier alpha value is -1.94. The average molecular weight is 313 g/mol. The minimum Gasteiger partial charge on any atom is -0.469 e. The number of carbonyl (C=O) groups excluding carboxylic acids is 1. The Labute approximate surface area is 135 Å². The smallest absolute Gasteiger partial charge is 0.309 e. The van der Waals surface area contributed by atoms with Gasteiger partial charge in [0.05, 0.1) is 13.0 Å². The van der Waals surface area contributed by atoms with Crippen molar-refractivity contribution in [2.45, 2.75) is 24.2 Å². The van der Waals surface area contributed by atoms with Crippen LogP contribution < -0.4 is 4.72 Å². The van der Waals surface area contributed by atoms with Crippen LogP contribution in [0.2, 0.25) is 0 Å². The number of aryl methyl sites for hydroxylation is 1. The number of hydrogen-bond donors (Lipinski definition) is 1. The van der Waals surface area contributed by atoms with E-state index >= 15 is 0 Å². The highest BCUT2D eigenvalue weighted by atomic mass is 32.2. The lowest BCUT2D eigenvalue weighted by Gasteiger charge is -2.23. The number of nitrogens with one attached hydrogen (secondary N) is 1. The van der Waals surface area contributed by atoms with E-state index in [1.54, 1.807) is 11.9 Å². The second-order valence-electron chi connectivity index (χ2n) is 5.46. The summed E-state index contributed by atoms with van der Waals surface area (Å²) in [6.45, 7) is 0. The third-order valence-electron chi connectivity index (χ3n) is 4.00.